The largest absolute Gasteiger partial charge is 0.484 e. The van der Waals surface area contributed by atoms with E-state index in [1.54, 1.807) is 0 Å². The molecule has 1 heterocycles. The standard InChI is InChI=1S/C23H23N3O6S2/c24-33(28,29)20-11-7-18(8-12-20)25-23(27)16-32-19-9-13-21(14-10-19)34(30,31)26-15-3-5-17-4-1-2-6-22(17)26/h1-2,4,6-14H,3,5,15-16H2,(H,25,27)(H2,24,28,29). The molecule has 1 aliphatic rings. The molecular formula is C23H23N3O6S2. The molecule has 0 aromatic heterocycles. The first-order valence-corrected chi connectivity index (χ1v) is 13.4. The second-order valence-electron chi connectivity index (χ2n) is 7.69. The van der Waals surface area contributed by atoms with Crippen molar-refractivity contribution in [1.82, 2.24) is 0 Å². The first kappa shape index (κ1) is 23.7. The van der Waals surface area contributed by atoms with E-state index in [9.17, 15) is 21.6 Å². The number of nitrogens with one attached hydrogen (secondary N) is 1. The Hall–Kier alpha value is -3.41. The fraction of sp³-hybridized carbons (Fsp3) is 0.174. The summed E-state index contributed by atoms with van der Waals surface area (Å²) in [5.74, 6) is -0.136. The van der Waals surface area contributed by atoms with Gasteiger partial charge >= 0.3 is 0 Å². The van der Waals surface area contributed by atoms with Gasteiger partial charge in [-0.1, -0.05) is 18.2 Å². The number of benzene rings is 3. The van der Waals surface area contributed by atoms with Crippen molar-refractivity contribution in [3.05, 3.63) is 78.4 Å². The Morgan fingerprint density at radius 1 is 0.912 bits per heavy atom. The lowest BCUT2D eigenvalue weighted by Crippen LogP contribution is -2.35. The Morgan fingerprint density at radius 2 is 1.56 bits per heavy atom. The van der Waals surface area contributed by atoms with Crippen LogP contribution >= 0.6 is 0 Å². The Labute approximate surface area is 198 Å². The fourth-order valence-corrected chi connectivity index (χ4v) is 5.71. The molecule has 0 radical (unpaired) electrons. The van der Waals surface area contributed by atoms with Crippen molar-refractivity contribution in [3.63, 3.8) is 0 Å². The highest BCUT2D eigenvalue weighted by Crippen LogP contribution is 2.32. The smallest absolute Gasteiger partial charge is 0.264 e. The quantitative estimate of drug-likeness (QED) is 0.511. The molecule has 1 amide bonds. The number of hydrogen-bond acceptors (Lipinski definition) is 6. The molecule has 3 aromatic carbocycles. The van der Waals surface area contributed by atoms with Crippen molar-refractivity contribution in [3.8, 4) is 5.75 Å². The molecule has 0 spiro atoms. The predicted octanol–water partition coefficient (Wildman–Crippen LogP) is 2.49. The van der Waals surface area contributed by atoms with Crippen LogP contribution in [0.1, 0.15) is 12.0 Å². The molecule has 4 rings (SSSR count). The molecule has 0 saturated carbocycles. The number of hydrogen-bond donors (Lipinski definition) is 2. The lowest BCUT2D eigenvalue weighted by atomic mass is 10.0. The van der Waals surface area contributed by atoms with Gasteiger partial charge in [-0.25, -0.2) is 22.0 Å². The summed E-state index contributed by atoms with van der Waals surface area (Å²) >= 11 is 0. The van der Waals surface area contributed by atoms with Crippen LogP contribution in [-0.2, 0) is 31.3 Å². The number of amides is 1. The number of primary sulfonamides is 1. The number of nitrogens with zero attached hydrogens (tertiary/aromatic N) is 1. The zero-order valence-electron chi connectivity index (χ0n) is 18.0. The summed E-state index contributed by atoms with van der Waals surface area (Å²) in [5, 5.41) is 7.62. The molecule has 3 N–H and O–H groups in total. The van der Waals surface area contributed by atoms with Gasteiger partial charge in [0.25, 0.3) is 15.9 Å². The maximum Gasteiger partial charge on any atom is 0.264 e. The minimum atomic E-state index is -3.81. The maximum absolute atomic E-state index is 13.2. The molecule has 0 unspecified atom stereocenters. The van der Waals surface area contributed by atoms with E-state index in [0.717, 1.165) is 18.4 Å². The number of sulfonamides is 2. The van der Waals surface area contributed by atoms with E-state index < -0.39 is 26.0 Å². The van der Waals surface area contributed by atoms with E-state index in [1.807, 2.05) is 24.3 Å². The molecular weight excluding hydrogens is 478 g/mol. The van der Waals surface area contributed by atoms with E-state index in [0.29, 0.717) is 23.7 Å². The Morgan fingerprint density at radius 3 is 2.24 bits per heavy atom. The molecule has 0 aliphatic carbocycles. The van der Waals surface area contributed by atoms with Crippen LogP contribution < -0.4 is 19.5 Å². The topological polar surface area (TPSA) is 136 Å². The van der Waals surface area contributed by atoms with Gasteiger partial charge in [-0.2, -0.15) is 0 Å². The molecule has 0 saturated heterocycles. The molecule has 34 heavy (non-hydrogen) atoms. The van der Waals surface area contributed by atoms with Gasteiger partial charge in [0.2, 0.25) is 10.0 Å². The molecule has 0 bridgehead atoms. The predicted molar refractivity (Wildman–Crippen MR) is 128 cm³/mol. The molecule has 178 valence electrons. The average molecular weight is 502 g/mol. The van der Waals surface area contributed by atoms with Gasteiger partial charge in [-0.05, 0) is 73.0 Å². The van der Waals surface area contributed by atoms with Gasteiger partial charge in [0, 0.05) is 12.2 Å². The number of nitrogens with two attached hydrogens (primary N) is 1. The van der Waals surface area contributed by atoms with Crippen molar-refractivity contribution < 1.29 is 26.4 Å². The van der Waals surface area contributed by atoms with E-state index in [2.05, 4.69) is 5.32 Å². The van der Waals surface area contributed by atoms with Crippen LogP contribution in [0.15, 0.2) is 82.6 Å². The highest BCUT2D eigenvalue weighted by atomic mass is 32.2. The van der Waals surface area contributed by atoms with E-state index in [4.69, 9.17) is 9.88 Å². The summed E-state index contributed by atoms with van der Waals surface area (Å²) in [5.41, 5.74) is 2.08. The second kappa shape index (κ2) is 9.45. The number of anilines is 2. The third-order valence-corrected chi connectivity index (χ3v) is 8.07. The fourth-order valence-electron chi connectivity index (χ4n) is 3.66. The molecule has 1 aliphatic heterocycles. The number of carbonyl (C=O) groups excluding carboxylic acids is 1. The van der Waals surface area contributed by atoms with Gasteiger partial charge < -0.3 is 10.1 Å². The summed E-state index contributed by atoms with van der Waals surface area (Å²) < 4.78 is 55.8. The number of ether oxygens (including phenoxy) is 1. The van der Waals surface area contributed by atoms with Crippen LogP contribution in [-0.4, -0.2) is 35.9 Å². The molecule has 3 aromatic rings. The first-order chi connectivity index (χ1) is 16.1. The van der Waals surface area contributed by atoms with Crippen LogP contribution in [0, 0.1) is 0 Å². The number of rotatable bonds is 7. The first-order valence-electron chi connectivity index (χ1n) is 10.4. The molecule has 0 atom stereocenters. The number of para-hydroxylation sites is 1. The Balaban J connectivity index is 1.38. The van der Waals surface area contributed by atoms with Gasteiger partial charge in [0.05, 0.1) is 15.5 Å². The lowest BCUT2D eigenvalue weighted by molar-refractivity contribution is -0.118. The van der Waals surface area contributed by atoms with E-state index in [-0.39, 0.29) is 16.4 Å². The van der Waals surface area contributed by atoms with Gasteiger partial charge in [-0.15, -0.1) is 0 Å². The molecule has 0 fully saturated rings. The summed E-state index contributed by atoms with van der Waals surface area (Å²) in [7, 11) is -7.55. The van der Waals surface area contributed by atoms with Crippen LogP contribution in [0.3, 0.4) is 0 Å². The average Bonchev–Trinajstić information content (AvgIpc) is 2.82. The van der Waals surface area contributed by atoms with Crippen LogP contribution in [0.5, 0.6) is 5.75 Å². The maximum atomic E-state index is 13.2. The highest BCUT2D eigenvalue weighted by molar-refractivity contribution is 7.92. The third-order valence-electron chi connectivity index (χ3n) is 5.32. The summed E-state index contributed by atoms with van der Waals surface area (Å²) in [4.78, 5) is 12.2. The van der Waals surface area contributed by atoms with Crippen molar-refractivity contribution in [2.75, 3.05) is 22.8 Å². The van der Waals surface area contributed by atoms with Crippen molar-refractivity contribution in [1.29, 1.82) is 0 Å². The monoisotopic (exact) mass is 501 g/mol. The highest BCUT2D eigenvalue weighted by Gasteiger charge is 2.28. The SMILES string of the molecule is NS(=O)(=O)c1ccc(NC(=O)COc2ccc(S(=O)(=O)N3CCCc4ccccc43)cc2)cc1. The van der Waals surface area contributed by atoms with Crippen molar-refractivity contribution in [2.45, 2.75) is 22.6 Å². The van der Waals surface area contributed by atoms with Gasteiger partial charge in [0.1, 0.15) is 5.75 Å². The third kappa shape index (κ3) is 5.22. The van der Waals surface area contributed by atoms with E-state index >= 15 is 0 Å². The zero-order valence-corrected chi connectivity index (χ0v) is 19.7. The number of fused-ring (bicyclic) bond motifs is 1. The Bertz CT molecular complexity index is 1400. The van der Waals surface area contributed by atoms with Gasteiger partial charge in [-0.3, -0.25) is 9.10 Å². The minimum Gasteiger partial charge on any atom is -0.484 e. The summed E-state index contributed by atoms with van der Waals surface area (Å²) in [6, 6.07) is 18.8. The minimum absolute atomic E-state index is 0.0650. The normalized spacial score (nSPS) is 13.7. The molecule has 11 heteroatoms. The summed E-state index contributed by atoms with van der Waals surface area (Å²) in [6.07, 6.45) is 1.59. The summed E-state index contributed by atoms with van der Waals surface area (Å²) in [6.45, 7) is 0.0957. The molecule has 9 nitrogen and oxygen atoms in total. The number of carbonyl (C=O) groups is 1. The number of aryl methyl sites for hydroxylation is 1. The van der Waals surface area contributed by atoms with Crippen molar-refractivity contribution >= 4 is 37.3 Å². The zero-order chi connectivity index (χ0) is 24.3. The van der Waals surface area contributed by atoms with Crippen LogP contribution in [0.4, 0.5) is 11.4 Å². The van der Waals surface area contributed by atoms with E-state index in [1.165, 1.54) is 52.8 Å². The lowest BCUT2D eigenvalue weighted by Gasteiger charge is -2.30. The second-order valence-corrected chi connectivity index (χ2v) is 11.1. The van der Waals surface area contributed by atoms with Crippen molar-refractivity contribution in [2.24, 2.45) is 5.14 Å². The van der Waals surface area contributed by atoms with Gasteiger partial charge in [0.15, 0.2) is 6.61 Å². The Kier molecular flexibility index (Phi) is 6.60. The van der Waals surface area contributed by atoms with Crippen LogP contribution in [0.25, 0.3) is 0 Å². The van der Waals surface area contributed by atoms with Crippen LogP contribution in [0.2, 0.25) is 0 Å².